The number of nitrogens with zero attached hydrogens (tertiary/aromatic N) is 1. The largest absolute Gasteiger partial charge is 0.508 e. The first-order valence-electron chi connectivity index (χ1n) is 6.46. The van der Waals surface area contributed by atoms with Crippen LogP contribution in [0.5, 0.6) is 5.75 Å². The summed E-state index contributed by atoms with van der Waals surface area (Å²) in [6.07, 6.45) is 1.67. The lowest BCUT2D eigenvalue weighted by molar-refractivity contribution is -0.132. The molecule has 0 aliphatic heterocycles. The zero-order valence-electron chi connectivity index (χ0n) is 11.3. The van der Waals surface area contributed by atoms with Crippen LogP contribution < -0.4 is 10.6 Å². The van der Waals surface area contributed by atoms with Gasteiger partial charge in [0, 0.05) is 16.8 Å². The van der Waals surface area contributed by atoms with Crippen molar-refractivity contribution in [3.63, 3.8) is 0 Å². The van der Waals surface area contributed by atoms with Gasteiger partial charge in [-0.05, 0) is 42.5 Å². The second-order valence-corrected chi connectivity index (χ2v) is 4.63. The number of aromatic nitrogens is 2. The number of hydrogen-bond donors (Lipinski definition) is 4. The van der Waals surface area contributed by atoms with Crippen LogP contribution in [0.3, 0.4) is 0 Å². The van der Waals surface area contributed by atoms with Crippen molar-refractivity contribution in [3.05, 3.63) is 48.7 Å². The molecule has 0 radical (unpaired) electrons. The van der Waals surface area contributed by atoms with E-state index in [0.29, 0.717) is 11.4 Å². The number of aromatic amines is 1. The Bertz CT molecular complexity index is 839. The van der Waals surface area contributed by atoms with Gasteiger partial charge in [0.1, 0.15) is 5.75 Å². The van der Waals surface area contributed by atoms with Crippen LogP contribution >= 0.6 is 0 Å². The number of carbonyl (C=O) groups is 2. The van der Waals surface area contributed by atoms with Gasteiger partial charge in [-0.2, -0.15) is 5.10 Å². The number of fused-ring (bicyclic) bond motifs is 1. The molecule has 4 N–H and O–H groups in total. The van der Waals surface area contributed by atoms with E-state index in [1.807, 2.05) is 0 Å². The number of hydrogen-bond acceptors (Lipinski definition) is 4. The summed E-state index contributed by atoms with van der Waals surface area (Å²) in [7, 11) is 0. The molecule has 110 valence electrons. The molecule has 2 aromatic carbocycles. The molecule has 0 aliphatic rings. The molecule has 3 aromatic rings. The van der Waals surface area contributed by atoms with E-state index in [-0.39, 0.29) is 5.75 Å². The van der Waals surface area contributed by atoms with Crippen LogP contribution in [-0.2, 0) is 9.59 Å². The normalized spacial score (nSPS) is 10.4. The molecular weight excluding hydrogens is 284 g/mol. The summed E-state index contributed by atoms with van der Waals surface area (Å²) >= 11 is 0. The molecule has 3 rings (SSSR count). The Morgan fingerprint density at radius 3 is 2.32 bits per heavy atom. The van der Waals surface area contributed by atoms with Gasteiger partial charge in [-0.25, -0.2) is 0 Å². The summed E-state index contributed by atoms with van der Waals surface area (Å²) in [4.78, 5) is 23.7. The van der Waals surface area contributed by atoms with Gasteiger partial charge >= 0.3 is 11.8 Å². The number of H-pyrrole nitrogens is 1. The second kappa shape index (κ2) is 5.57. The van der Waals surface area contributed by atoms with Crippen molar-refractivity contribution in [2.24, 2.45) is 0 Å². The number of phenols is 1. The Kier molecular flexibility index (Phi) is 3.45. The quantitative estimate of drug-likeness (QED) is 0.427. The van der Waals surface area contributed by atoms with E-state index in [9.17, 15) is 9.59 Å². The summed E-state index contributed by atoms with van der Waals surface area (Å²) < 4.78 is 0. The van der Waals surface area contributed by atoms with Crippen molar-refractivity contribution in [1.82, 2.24) is 10.2 Å². The molecule has 22 heavy (non-hydrogen) atoms. The minimum Gasteiger partial charge on any atom is -0.508 e. The molecule has 1 heterocycles. The number of phenolic OH excluding ortho intramolecular Hbond substituents is 1. The van der Waals surface area contributed by atoms with Crippen molar-refractivity contribution in [2.75, 3.05) is 10.6 Å². The number of amides is 2. The molecule has 1 aromatic heterocycles. The molecule has 7 nitrogen and oxygen atoms in total. The fourth-order valence-electron chi connectivity index (χ4n) is 1.94. The molecular formula is C15H12N4O3. The van der Waals surface area contributed by atoms with Crippen LogP contribution in [0.4, 0.5) is 11.4 Å². The Hall–Kier alpha value is -3.35. The Morgan fingerprint density at radius 2 is 1.59 bits per heavy atom. The lowest BCUT2D eigenvalue weighted by atomic mass is 10.2. The van der Waals surface area contributed by atoms with Gasteiger partial charge in [-0.3, -0.25) is 14.7 Å². The Morgan fingerprint density at radius 1 is 0.955 bits per heavy atom. The molecule has 0 bridgehead atoms. The average molecular weight is 296 g/mol. The monoisotopic (exact) mass is 296 g/mol. The first kappa shape index (κ1) is 13.6. The van der Waals surface area contributed by atoms with Gasteiger partial charge in [0.2, 0.25) is 0 Å². The maximum absolute atomic E-state index is 11.9. The van der Waals surface area contributed by atoms with Crippen molar-refractivity contribution in [1.29, 1.82) is 0 Å². The summed E-state index contributed by atoms with van der Waals surface area (Å²) in [6.45, 7) is 0. The number of anilines is 2. The third-order valence-electron chi connectivity index (χ3n) is 3.03. The molecule has 2 amide bonds. The Labute approximate surface area is 125 Å². The van der Waals surface area contributed by atoms with Crippen LogP contribution in [0.1, 0.15) is 0 Å². The van der Waals surface area contributed by atoms with E-state index in [4.69, 9.17) is 5.11 Å². The minimum atomic E-state index is -0.796. The molecule has 0 atom stereocenters. The average Bonchev–Trinajstić information content (AvgIpc) is 2.97. The highest BCUT2D eigenvalue weighted by Gasteiger charge is 2.14. The first-order chi connectivity index (χ1) is 10.6. The fraction of sp³-hybridized carbons (Fsp3) is 0. The van der Waals surface area contributed by atoms with Gasteiger partial charge < -0.3 is 15.7 Å². The number of rotatable bonds is 2. The number of benzene rings is 2. The highest BCUT2D eigenvalue weighted by molar-refractivity contribution is 6.43. The van der Waals surface area contributed by atoms with Gasteiger partial charge in [0.05, 0.1) is 11.7 Å². The summed E-state index contributed by atoms with van der Waals surface area (Å²) in [5, 5.41) is 21.7. The van der Waals surface area contributed by atoms with E-state index in [0.717, 1.165) is 10.9 Å². The lowest BCUT2D eigenvalue weighted by Gasteiger charge is -2.06. The van der Waals surface area contributed by atoms with Crippen molar-refractivity contribution < 1.29 is 14.7 Å². The zero-order chi connectivity index (χ0) is 15.5. The van der Waals surface area contributed by atoms with Gasteiger partial charge in [0.15, 0.2) is 0 Å². The van der Waals surface area contributed by atoms with Crippen LogP contribution in [0, 0.1) is 0 Å². The van der Waals surface area contributed by atoms with Crippen LogP contribution in [0.25, 0.3) is 10.9 Å². The summed E-state index contributed by atoms with van der Waals surface area (Å²) in [5.41, 5.74) is 1.67. The third-order valence-corrected chi connectivity index (χ3v) is 3.03. The van der Waals surface area contributed by atoms with Gasteiger partial charge in [-0.1, -0.05) is 0 Å². The molecule has 0 saturated heterocycles. The van der Waals surface area contributed by atoms with E-state index in [1.165, 1.54) is 24.3 Å². The highest BCUT2D eigenvalue weighted by Crippen LogP contribution is 2.17. The lowest BCUT2D eigenvalue weighted by Crippen LogP contribution is -2.29. The third kappa shape index (κ3) is 2.88. The summed E-state index contributed by atoms with van der Waals surface area (Å²) in [5.74, 6) is -1.50. The van der Waals surface area contributed by atoms with Crippen molar-refractivity contribution >= 4 is 34.1 Å². The van der Waals surface area contributed by atoms with E-state index in [2.05, 4.69) is 20.8 Å². The fourth-order valence-corrected chi connectivity index (χ4v) is 1.94. The molecule has 0 spiro atoms. The standard InChI is InChI=1S/C15H12N4O3/c20-12-5-3-10(4-6-12)17-14(21)15(22)18-11-2-1-9-8-16-19-13(9)7-11/h1-8,20H,(H,16,19)(H,17,21)(H,18,22). The zero-order valence-corrected chi connectivity index (χ0v) is 11.3. The molecule has 0 fully saturated rings. The maximum atomic E-state index is 11.9. The smallest absolute Gasteiger partial charge is 0.314 e. The second-order valence-electron chi connectivity index (χ2n) is 4.63. The first-order valence-corrected chi connectivity index (χ1v) is 6.46. The SMILES string of the molecule is O=C(Nc1ccc(O)cc1)C(=O)Nc1ccc2cn[nH]c2c1. The van der Waals surface area contributed by atoms with Crippen molar-refractivity contribution in [2.45, 2.75) is 0 Å². The molecule has 0 aliphatic carbocycles. The van der Waals surface area contributed by atoms with Gasteiger partial charge in [0.25, 0.3) is 0 Å². The minimum absolute atomic E-state index is 0.0790. The Balaban J connectivity index is 1.67. The predicted molar refractivity (Wildman–Crippen MR) is 81.5 cm³/mol. The number of nitrogens with one attached hydrogen (secondary N) is 3. The summed E-state index contributed by atoms with van der Waals surface area (Å²) in [6, 6.07) is 11.0. The predicted octanol–water partition coefficient (Wildman–Crippen LogP) is 1.85. The van der Waals surface area contributed by atoms with Crippen molar-refractivity contribution in [3.8, 4) is 5.75 Å². The van der Waals surface area contributed by atoms with E-state index in [1.54, 1.807) is 24.4 Å². The highest BCUT2D eigenvalue weighted by atomic mass is 16.3. The number of aromatic hydroxyl groups is 1. The topological polar surface area (TPSA) is 107 Å². The van der Waals surface area contributed by atoms with Gasteiger partial charge in [-0.15, -0.1) is 0 Å². The molecule has 7 heteroatoms. The van der Waals surface area contributed by atoms with E-state index >= 15 is 0 Å². The maximum Gasteiger partial charge on any atom is 0.314 e. The molecule has 0 unspecified atom stereocenters. The molecule has 0 saturated carbocycles. The van der Waals surface area contributed by atoms with Crippen LogP contribution in [-0.4, -0.2) is 27.1 Å². The number of carbonyl (C=O) groups excluding carboxylic acids is 2. The van der Waals surface area contributed by atoms with E-state index < -0.39 is 11.8 Å². The van der Waals surface area contributed by atoms with Crippen LogP contribution in [0.15, 0.2) is 48.7 Å². The van der Waals surface area contributed by atoms with Crippen LogP contribution in [0.2, 0.25) is 0 Å².